The lowest BCUT2D eigenvalue weighted by atomic mass is 10.4. The largest absolute Gasteiger partial charge is 0.280 e. The van der Waals surface area contributed by atoms with E-state index in [0.717, 1.165) is 22.6 Å². The van der Waals surface area contributed by atoms with Crippen molar-refractivity contribution in [1.29, 1.82) is 0 Å². The first kappa shape index (κ1) is 10.3. The van der Waals surface area contributed by atoms with Crippen LogP contribution in [0, 0.1) is 0 Å². The van der Waals surface area contributed by atoms with Gasteiger partial charge in [0.05, 0.1) is 0 Å². The Labute approximate surface area is 84.8 Å². The van der Waals surface area contributed by atoms with Gasteiger partial charge in [-0.2, -0.15) is 0 Å². The highest BCUT2D eigenvalue weighted by Gasteiger charge is 2.49. The molecule has 0 N–H and O–H groups in total. The summed E-state index contributed by atoms with van der Waals surface area (Å²) in [4.78, 5) is 0. The summed E-state index contributed by atoms with van der Waals surface area (Å²) in [6, 6.07) is 0. The Morgan fingerprint density at radius 1 is 0.923 bits per heavy atom. The molecule has 2 aliphatic heterocycles. The summed E-state index contributed by atoms with van der Waals surface area (Å²) in [6.07, 6.45) is 1.43. The summed E-state index contributed by atoms with van der Waals surface area (Å²) in [7, 11) is 3.04. The van der Waals surface area contributed by atoms with Gasteiger partial charge in [-0.15, -0.1) is 0 Å². The third kappa shape index (κ3) is 1.81. The topological polar surface area (TPSA) is 3.24 Å². The van der Waals surface area contributed by atoms with Crippen LogP contribution >= 0.6 is 16.0 Å². The van der Waals surface area contributed by atoms with Crippen LogP contribution in [0.25, 0.3) is 0 Å². The molecule has 3 heteroatoms. The molecule has 0 saturated carbocycles. The number of nitrogens with zero attached hydrogens (tertiary/aromatic N) is 1. The first-order valence-electron chi connectivity index (χ1n) is 5.29. The molecular formula is C10H21NP2. The van der Waals surface area contributed by atoms with Crippen LogP contribution in [0.15, 0.2) is 0 Å². The van der Waals surface area contributed by atoms with Crippen LogP contribution in [-0.4, -0.2) is 40.6 Å². The van der Waals surface area contributed by atoms with E-state index in [1.807, 2.05) is 0 Å². The highest BCUT2D eigenvalue weighted by molar-refractivity contribution is 7.69. The van der Waals surface area contributed by atoms with Gasteiger partial charge < -0.3 is 0 Å². The van der Waals surface area contributed by atoms with Gasteiger partial charge in [-0.1, -0.05) is 35.6 Å². The molecule has 2 aliphatic rings. The average molecular weight is 217 g/mol. The lowest BCUT2D eigenvalue weighted by Gasteiger charge is -2.16. The van der Waals surface area contributed by atoms with Gasteiger partial charge in [0, 0.05) is 6.29 Å². The molecule has 0 aromatic heterocycles. The molecule has 2 fully saturated rings. The Hall–Kier alpha value is 0.820. The molecular weight excluding hydrogens is 196 g/mol. The van der Waals surface area contributed by atoms with Gasteiger partial charge in [-0.05, 0) is 37.8 Å². The van der Waals surface area contributed by atoms with Crippen LogP contribution < -0.4 is 0 Å². The van der Waals surface area contributed by atoms with E-state index in [9.17, 15) is 0 Å². The zero-order chi connectivity index (χ0) is 9.75. The van der Waals surface area contributed by atoms with Gasteiger partial charge in [0.25, 0.3) is 0 Å². The number of hydrogen-bond donors (Lipinski definition) is 0. The number of rotatable bonds is 3. The predicted molar refractivity (Wildman–Crippen MR) is 64.3 cm³/mol. The molecule has 2 saturated heterocycles. The minimum Gasteiger partial charge on any atom is -0.280 e. The maximum Gasteiger partial charge on any atom is 0.0224 e. The van der Waals surface area contributed by atoms with Crippen LogP contribution in [0.5, 0.6) is 0 Å². The lowest BCUT2D eigenvalue weighted by molar-refractivity contribution is 0.657. The molecule has 13 heavy (non-hydrogen) atoms. The van der Waals surface area contributed by atoms with Gasteiger partial charge in [0.1, 0.15) is 0 Å². The minimum absolute atomic E-state index is 0.285. The molecule has 0 amide bonds. The molecule has 0 bridgehead atoms. The van der Waals surface area contributed by atoms with E-state index in [0.29, 0.717) is 7.92 Å². The molecule has 4 atom stereocenters. The Bertz CT molecular complexity index is 193. The summed E-state index contributed by atoms with van der Waals surface area (Å²) in [5, 5.41) is 0. The maximum absolute atomic E-state index is 2.69. The van der Waals surface area contributed by atoms with Gasteiger partial charge in [-0.25, -0.2) is 0 Å². The second-order valence-electron chi connectivity index (χ2n) is 4.66. The van der Waals surface area contributed by atoms with Crippen LogP contribution in [0.1, 0.15) is 27.7 Å². The smallest absolute Gasteiger partial charge is 0.0224 e. The fourth-order valence-corrected chi connectivity index (χ4v) is 8.10. The molecule has 0 aliphatic carbocycles. The van der Waals surface area contributed by atoms with Crippen molar-refractivity contribution in [3.8, 4) is 0 Å². The van der Waals surface area contributed by atoms with Gasteiger partial charge in [0.2, 0.25) is 0 Å². The Morgan fingerprint density at radius 3 is 1.69 bits per heavy atom. The molecule has 0 aromatic carbocycles. The fourth-order valence-electron chi connectivity index (χ4n) is 2.25. The maximum atomic E-state index is 2.69. The molecule has 0 radical (unpaired) electrons. The van der Waals surface area contributed by atoms with E-state index in [1.165, 1.54) is 6.29 Å². The second-order valence-corrected chi connectivity index (χ2v) is 10.7. The second kappa shape index (κ2) is 3.44. The van der Waals surface area contributed by atoms with Crippen molar-refractivity contribution >= 4 is 16.0 Å². The number of hydrogen-bond acceptors (Lipinski definition) is 1. The van der Waals surface area contributed by atoms with E-state index in [2.05, 4.69) is 39.4 Å². The normalized spacial score (nSPS) is 54.0. The van der Waals surface area contributed by atoms with Crippen LogP contribution in [0.2, 0.25) is 0 Å². The Balaban J connectivity index is 1.77. The van der Waals surface area contributed by atoms with E-state index in [4.69, 9.17) is 0 Å². The molecule has 0 spiro atoms. The summed E-state index contributed by atoms with van der Waals surface area (Å²) >= 11 is 0. The predicted octanol–water partition coefficient (Wildman–Crippen LogP) is 3.34. The molecule has 0 unspecified atom stereocenters. The molecule has 0 aromatic rings. The molecule has 2 rings (SSSR count). The van der Waals surface area contributed by atoms with Gasteiger partial charge >= 0.3 is 0 Å². The Kier molecular flexibility index (Phi) is 2.74. The van der Waals surface area contributed by atoms with Crippen molar-refractivity contribution < 1.29 is 0 Å². The van der Waals surface area contributed by atoms with E-state index < -0.39 is 0 Å². The Morgan fingerprint density at radius 2 is 1.38 bits per heavy atom. The van der Waals surface area contributed by atoms with Crippen LogP contribution in [-0.2, 0) is 0 Å². The quantitative estimate of drug-likeness (QED) is 0.655. The van der Waals surface area contributed by atoms with Crippen molar-refractivity contribution in [1.82, 2.24) is 4.67 Å². The molecule has 1 nitrogen and oxygen atoms in total. The summed E-state index contributed by atoms with van der Waals surface area (Å²) < 4.78 is 2.69. The minimum atomic E-state index is 0.285. The van der Waals surface area contributed by atoms with E-state index >= 15 is 0 Å². The summed E-state index contributed by atoms with van der Waals surface area (Å²) in [5.74, 6) is 0. The monoisotopic (exact) mass is 217 g/mol. The summed E-state index contributed by atoms with van der Waals surface area (Å²) in [6.45, 7) is 9.69. The van der Waals surface area contributed by atoms with Crippen LogP contribution in [0.3, 0.4) is 0 Å². The van der Waals surface area contributed by atoms with Gasteiger partial charge in [0.15, 0.2) is 0 Å². The standard InChI is InChI=1S/C10H21NP2/c1-7-8(2)12(7)6-11(5)13-9(3)10(13)4/h7-10H,6H2,1-5H3/t7-,8-,9-,10-/m0/s1. The summed E-state index contributed by atoms with van der Waals surface area (Å²) in [5.41, 5.74) is 4.14. The third-order valence-corrected chi connectivity index (χ3v) is 10.6. The van der Waals surface area contributed by atoms with Crippen molar-refractivity contribution in [3.05, 3.63) is 0 Å². The van der Waals surface area contributed by atoms with E-state index in [-0.39, 0.29) is 8.07 Å². The highest BCUT2D eigenvalue weighted by Crippen LogP contribution is 2.73. The first-order valence-corrected chi connectivity index (χ1v) is 8.39. The molecule has 2 heterocycles. The fraction of sp³-hybridized carbons (Fsp3) is 1.00. The lowest BCUT2D eigenvalue weighted by Crippen LogP contribution is -2.06. The highest BCUT2D eigenvalue weighted by atomic mass is 31.1. The molecule has 76 valence electrons. The van der Waals surface area contributed by atoms with Crippen LogP contribution in [0.4, 0.5) is 0 Å². The third-order valence-electron chi connectivity index (χ3n) is 3.86. The van der Waals surface area contributed by atoms with Gasteiger partial charge in [-0.3, -0.25) is 4.67 Å². The average Bonchev–Trinajstić information content (AvgIpc) is 2.84. The SMILES string of the molecule is C[C@H]1[C@H](C)P1CN(C)P1[C@@H](C)[C@@H]1C. The van der Waals surface area contributed by atoms with Crippen molar-refractivity contribution in [2.24, 2.45) is 0 Å². The zero-order valence-electron chi connectivity index (χ0n) is 9.36. The first-order chi connectivity index (χ1) is 6.04. The van der Waals surface area contributed by atoms with E-state index in [1.54, 1.807) is 0 Å². The van der Waals surface area contributed by atoms with Crippen molar-refractivity contribution in [2.75, 3.05) is 13.3 Å². The zero-order valence-corrected chi connectivity index (χ0v) is 11.1. The van der Waals surface area contributed by atoms with Crippen molar-refractivity contribution in [3.63, 3.8) is 0 Å². The van der Waals surface area contributed by atoms with Crippen molar-refractivity contribution in [2.45, 2.75) is 50.3 Å².